The largest absolute Gasteiger partial charge is 0.473 e. The van der Waals surface area contributed by atoms with Crippen LogP contribution >= 0.6 is 0 Å². The molecule has 0 radical (unpaired) electrons. The van der Waals surface area contributed by atoms with Gasteiger partial charge in [-0.2, -0.15) is 0 Å². The fraction of sp³-hybridized carbons (Fsp3) is 0.545. The summed E-state index contributed by atoms with van der Waals surface area (Å²) in [5, 5.41) is 0. The van der Waals surface area contributed by atoms with Crippen molar-refractivity contribution in [1.82, 2.24) is 9.97 Å². The van der Waals surface area contributed by atoms with Gasteiger partial charge in [-0.3, -0.25) is 0 Å². The average molecular weight is 359 g/mol. The second kappa shape index (κ2) is 9.65. The first-order valence-electron chi connectivity index (χ1n) is 9.86. The van der Waals surface area contributed by atoms with Gasteiger partial charge in [0.15, 0.2) is 0 Å². The number of rotatable bonds is 9. The molecule has 0 aliphatic carbocycles. The van der Waals surface area contributed by atoms with Crippen molar-refractivity contribution in [1.29, 1.82) is 0 Å². The summed E-state index contributed by atoms with van der Waals surface area (Å²) in [6, 6.07) is 4.83. The SMILES string of the molecule is CCCC(CCC)Oc1nc(CC)c(-c2ccc(F)cc2C)nc1CC. The molecule has 0 aliphatic rings. The van der Waals surface area contributed by atoms with E-state index in [1.54, 1.807) is 12.1 Å². The fourth-order valence-electron chi connectivity index (χ4n) is 3.23. The van der Waals surface area contributed by atoms with Crippen LogP contribution in [-0.2, 0) is 12.8 Å². The molecule has 1 aromatic carbocycles. The molecule has 26 heavy (non-hydrogen) atoms. The van der Waals surface area contributed by atoms with E-state index in [2.05, 4.69) is 27.7 Å². The summed E-state index contributed by atoms with van der Waals surface area (Å²) in [4.78, 5) is 9.71. The lowest BCUT2D eigenvalue weighted by atomic mass is 10.0. The highest BCUT2D eigenvalue weighted by Gasteiger charge is 2.18. The van der Waals surface area contributed by atoms with Crippen LogP contribution in [0.3, 0.4) is 0 Å². The van der Waals surface area contributed by atoms with Gasteiger partial charge in [-0.25, -0.2) is 14.4 Å². The Labute approximate surface area is 157 Å². The Morgan fingerprint density at radius 2 is 1.62 bits per heavy atom. The van der Waals surface area contributed by atoms with Gasteiger partial charge < -0.3 is 4.74 Å². The van der Waals surface area contributed by atoms with Crippen LogP contribution in [0.25, 0.3) is 11.3 Å². The zero-order valence-corrected chi connectivity index (χ0v) is 16.7. The number of halogens is 1. The molecule has 3 nitrogen and oxygen atoms in total. The summed E-state index contributed by atoms with van der Waals surface area (Å²) in [5.41, 5.74) is 4.43. The lowest BCUT2D eigenvalue weighted by Gasteiger charge is -2.20. The van der Waals surface area contributed by atoms with Crippen LogP contribution in [-0.4, -0.2) is 16.1 Å². The third-order valence-electron chi connectivity index (χ3n) is 4.62. The van der Waals surface area contributed by atoms with Crippen molar-refractivity contribution in [2.24, 2.45) is 0 Å². The van der Waals surface area contributed by atoms with Crippen molar-refractivity contribution in [3.05, 3.63) is 41.0 Å². The smallest absolute Gasteiger partial charge is 0.236 e. The van der Waals surface area contributed by atoms with Gasteiger partial charge in [0.2, 0.25) is 5.88 Å². The van der Waals surface area contributed by atoms with Gasteiger partial charge in [0.25, 0.3) is 0 Å². The van der Waals surface area contributed by atoms with Crippen LogP contribution in [0, 0.1) is 12.7 Å². The molecule has 0 bridgehead atoms. The molecule has 0 saturated carbocycles. The summed E-state index contributed by atoms with van der Waals surface area (Å²) < 4.78 is 19.8. The third kappa shape index (κ3) is 4.80. The van der Waals surface area contributed by atoms with Gasteiger partial charge in [-0.05, 0) is 56.4 Å². The van der Waals surface area contributed by atoms with E-state index in [9.17, 15) is 4.39 Å². The molecule has 1 aromatic heterocycles. The lowest BCUT2D eigenvalue weighted by molar-refractivity contribution is 0.168. The van der Waals surface area contributed by atoms with Crippen molar-refractivity contribution in [2.75, 3.05) is 0 Å². The maximum Gasteiger partial charge on any atom is 0.236 e. The zero-order valence-electron chi connectivity index (χ0n) is 16.7. The molecule has 1 heterocycles. The molecule has 4 heteroatoms. The van der Waals surface area contributed by atoms with Gasteiger partial charge in [-0.15, -0.1) is 0 Å². The third-order valence-corrected chi connectivity index (χ3v) is 4.62. The Kier molecular flexibility index (Phi) is 7.55. The van der Waals surface area contributed by atoms with Crippen molar-refractivity contribution >= 4 is 0 Å². The van der Waals surface area contributed by atoms with Gasteiger partial charge in [-0.1, -0.05) is 40.5 Å². The lowest BCUT2D eigenvalue weighted by Crippen LogP contribution is -2.19. The molecule has 2 aromatic rings. The van der Waals surface area contributed by atoms with Crippen LogP contribution in [0.1, 0.15) is 70.3 Å². The molecule has 0 aliphatic heterocycles. The second-order valence-electron chi connectivity index (χ2n) is 6.75. The standard InChI is InChI=1S/C22H31FN2O/c1-6-10-17(11-7-2)26-22-20(9-4)24-21(19(8-3)25-22)18-13-12-16(23)14-15(18)5/h12-14,17H,6-11H2,1-5H3. The molecule has 0 unspecified atom stereocenters. The quantitative estimate of drug-likeness (QED) is 0.546. The first kappa shape index (κ1) is 20.3. The van der Waals surface area contributed by atoms with Gasteiger partial charge in [0, 0.05) is 5.56 Å². The number of benzene rings is 1. The van der Waals surface area contributed by atoms with E-state index in [0.29, 0.717) is 5.88 Å². The van der Waals surface area contributed by atoms with Crippen LogP contribution < -0.4 is 4.74 Å². The van der Waals surface area contributed by atoms with Crippen LogP contribution in [0.2, 0.25) is 0 Å². The first-order valence-corrected chi connectivity index (χ1v) is 9.86. The first-order chi connectivity index (χ1) is 12.5. The Morgan fingerprint density at radius 1 is 0.962 bits per heavy atom. The van der Waals surface area contributed by atoms with E-state index in [1.807, 2.05) is 6.92 Å². The second-order valence-corrected chi connectivity index (χ2v) is 6.75. The Morgan fingerprint density at radius 3 is 2.15 bits per heavy atom. The summed E-state index contributed by atoms with van der Waals surface area (Å²) in [6.45, 7) is 10.4. The fourth-order valence-corrected chi connectivity index (χ4v) is 3.23. The molecular formula is C22H31FN2O. The van der Waals surface area contributed by atoms with Crippen molar-refractivity contribution < 1.29 is 9.13 Å². The Bertz CT molecular complexity index is 724. The highest BCUT2D eigenvalue weighted by atomic mass is 19.1. The number of aryl methyl sites for hydroxylation is 3. The maximum absolute atomic E-state index is 13.5. The normalized spacial score (nSPS) is 11.2. The molecule has 142 valence electrons. The molecule has 0 spiro atoms. The topological polar surface area (TPSA) is 35.0 Å². The molecule has 0 saturated heterocycles. The average Bonchev–Trinajstić information content (AvgIpc) is 2.62. The van der Waals surface area contributed by atoms with E-state index in [0.717, 1.165) is 66.7 Å². The highest BCUT2D eigenvalue weighted by molar-refractivity contribution is 5.66. The minimum Gasteiger partial charge on any atom is -0.473 e. The molecular weight excluding hydrogens is 327 g/mol. The van der Waals surface area contributed by atoms with Gasteiger partial charge >= 0.3 is 0 Å². The predicted octanol–water partition coefficient (Wildman–Crippen LogP) is 6.06. The van der Waals surface area contributed by atoms with Crippen LogP contribution in [0.4, 0.5) is 4.39 Å². The van der Waals surface area contributed by atoms with Crippen LogP contribution in [0.15, 0.2) is 18.2 Å². The van der Waals surface area contributed by atoms with E-state index in [4.69, 9.17) is 14.7 Å². The van der Waals surface area contributed by atoms with E-state index >= 15 is 0 Å². The number of hydrogen-bond donors (Lipinski definition) is 0. The summed E-state index contributed by atoms with van der Waals surface area (Å²) in [6.07, 6.45) is 5.93. The van der Waals surface area contributed by atoms with Gasteiger partial charge in [0.05, 0.1) is 11.4 Å². The summed E-state index contributed by atoms with van der Waals surface area (Å²) in [7, 11) is 0. The molecule has 0 amide bonds. The molecule has 0 atom stereocenters. The van der Waals surface area contributed by atoms with E-state index in [-0.39, 0.29) is 11.9 Å². The monoisotopic (exact) mass is 358 g/mol. The molecule has 0 fully saturated rings. The number of ether oxygens (including phenoxy) is 1. The molecule has 2 rings (SSSR count). The minimum atomic E-state index is -0.227. The summed E-state index contributed by atoms with van der Waals surface area (Å²) >= 11 is 0. The zero-order chi connectivity index (χ0) is 19.1. The van der Waals surface area contributed by atoms with Gasteiger partial charge in [0.1, 0.15) is 17.6 Å². The Balaban J connectivity index is 2.47. The van der Waals surface area contributed by atoms with E-state index < -0.39 is 0 Å². The van der Waals surface area contributed by atoms with Crippen molar-refractivity contribution in [3.63, 3.8) is 0 Å². The molecule has 0 N–H and O–H groups in total. The number of nitrogens with zero attached hydrogens (tertiary/aromatic N) is 2. The predicted molar refractivity (Wildman–Crippen MR) is 105 cm³/mol. The summed E-state index contributed by atoms with van der Waals surface area (Å²) in [5.74, 6) is 0.440. The van der Waals surface area contributed by atoms with E-state index in [1.165, 1.54) is 6.07 Å². The van der Waals surface area contributed by atoms with Crippen LogP contribution in [0.5, 0.6) is 5.88 Å². The Hall–Kier alpha value is -1.97. The maximum atomic E-state index is 13.5. The van der Waals surface area contributed by atoms with Crippen molar-refractivity contribution in [2.45, 2.75) is 79.2 Å². The number of aromatic nitrogens is 2. The minimum absolute atomic E-state index is 0.188. The van der Waals surface area contributed by atoms with Crippen molar-refractivity contribution in [3.8, 4) is 17.1 Å². The highest BCUT2D eigenvalue weighted by Crippen LogP contribution is 2.29. The number of hydrogen-bond acceptors (Lipinski definition) is 3.